The quantitative estimate of drug-likeness (QED) is 0.927. The standard InChI is InChI=1S/C15H21NO2.ClH/c1-15(2)13(16-8-7-14(15)17)10-11-5-4-6-12(9-11)18-3;/h4-6,9,13,16H,7-8,10H2,1-3H3;1H. The number of nitrogens with one attached hydrogen (secondary N) is 1. The van der Waals surface area contributed by atoms with Gasteiger partial charge in [-0.05, 0) is 24.1 Å². The first-order chi connectivity index (χ1) is 8.54. The van der Waals surface area contributed by atoms with Gasteiger partial charge in [0, 0.05) is 24.4 Å². The van der Waals surface area contributed by atoms with Crippen LogP contribution >= 0.6 is 12.4 Å². The summed E-state index contributed by atoms with van der Waals surface area (Å²) in [6.45, 7) is 4.86. The Kier molecular flexibility index (Phi) is 5.39. The zero-order valence-electron chi connectivity index (χ0n) is 11.7. The molecule has 0 saturated carbocycles. The lowest BCUT2D eigenvalue weighted by molar-refractivity contribution is -0.130. The van der Waals surface area contributed by atoms with Crippen LogP contribution in [0.3, 0.4) is 0 Å². The first-order valence-corrected chi connectivity index (χ1v) is 6.43. The number of ether oxygens (including phenoxy) is 1. The summed E-state index contributed by atoms with van der Waals surface area (Å²) in [5.74, 6) is 1.22. The van der Waals surface area contributed by atoms with E-state index in [2.05, 4.69) is 11.4 Å². The fourth-order valence-corrected chi connectivity index (χ4v) is 2.49. The highest BCUT2D eigenvalue weighted by Crippen LogP contribution is 2.29. The Hall–Kier alpha value is -1.06. The SMILES string of the molecule is COc1cccc(CC2NCCC(=O)C2(C)C)c1.Cl. The van der Waals surface area contributed by atoms with Crippen molar-refractivity contribution in [2.75, 3.05) is 13.7 Å². The van der Waals surface area contributed by atoms with E-state index in [1.807, 2.05) is 32.0 Å². The minimum Gasteiger partial charge on any atom is -0.497 e. The first-order valence-electron chi connectivity index (χ1n) is 6.43. The smallest absolute Gasteiger partial charge is 0.141 e. The summed E-state index contributed by atoms with van der Waals surface area (Å²) in [7, 11) is 1.67. The van der Waals surface area contributed by atoms with E-state index >= 15 is 0 Å². The third kappa shape index (κ3) is 3.48. The van der Waals surface area contributed by atoms with Crippen molar-refractivity contribution in [2.45, 2.75) is 32.7 Å². The predicted octanol–water partition coefficient (Wildman–Crippen LogP) is 2.62. The lowest BCUT2D eigenvalue weighted by Crippen LogP contribution is -2.53. The molecule has 1 N–H and O–H groups in total. The number of methoxy groups -OCH3 is 1. The number of hydrogen-bond donors (Lipinski definition) is 1. The van der Waals surface area contributed by atoms with Crippen LogP contribution in [-0.2, 0) is 11.2 Å². The summed E-state index contributed by atoms with van der Waals surface area (Å²) in [6, 6.07) is 8.25. The van der Waals surface area contributed by atoms with Gasteiger partial charge in [-0.2, -0.15) is 0 Å². The van der Waals surface area contributed by atoms with Crippen molar-refractivity contribution in [1.29, 1.82) is 0 Å². The van der Waals surface area contributed by atoms with Crippen LogP contribution < -0.4 is 10.1 Å². The van der Waals surface area contributed by atoms with Crippen LogP contribution in [-0.4, -0.2) is 25.5 Å². The number of ketones is 1. The molecule has 0 radical (unpaired) electrons. The summed E-state index contributed by atoms with van der Waals surface area (Å²) in [6.07, 6.45) is 1.50. The maximum absolute atomic E-state index is 12.0. The molecule has 1 fully saturated rings. The molecule has 0 amide bonds. The highest BCUT2D eigenvalue weighted by Gasteiger charge is 2.38. The monoisotopic (exact) mass is 283 g/mol. The van der Waals surface area contributed by atoms with Crippen molar-refractivity contribution in [3.05, 3.63) is 29.8 Å². The van der Waals surface area contributed by atoms with E-state index in [1.165, 1.54) is 5.56 Å². The van der Waals surface area contributed by atoms with Crippen LogP contribution in [0.4, 0.5) is 0 Å². The van der Waals surface area contributed by atoms with Gasteiger partial charge in [-0.3, -0.25) is 4.79 Å². The molecule has 0 aliphatic carbocycles. The fourth-order valence-electron chi connectivity index (χ4n) is 2.49. The highest BCUT2D eigenvalue weighted by molar-refractivity contribution is 5.86. The summed E-state index contributed by atoms with van der Waals surface area (Å²) in [5, 5.41) is 3.46. The average molecular weight is 284 g/mol. The second-order valence-corrected chi connectivity index (χ2v) is 5.46. The summed E-state index contributed by atoms with van der Waals surface area (Å²) < 4.78 is 5.23. The van der Waals surface area contributed by atoms with E-state index in [0.29, 0.717) is 12.2 Å². The number of benzene rings is 1. The maximum atomic E-state index is 12.0. The first kappa shape index (κ1) is 16.0. The summed E-state index contributed by atoms with van der Waals surface area (Å²) in [4.78, 5) is 12.0. The number of piperidine rings is 1. The van der Waals surface area contributed by atoms with Gasteiger partial charge in [0.05, 0.1) is 7.11 Å². The molecule has 0 bridgehead atoms. The summed E-state index contributed by atoms with van der Waals surface area (Å²) >= 11 is 0. The number of rotatable bonds is 3. The molecule has 1 aliphatic heterocycles. The zero-order valence-corrected chi connectivity index (χ0v) is 12.5. The summed E-state index contributed by atoms with van der Waals surface area (Å²) in [5.41, 5.74) is 0.913. The molecule has 1 atom stereocenters. The highest BCUT2D eigenvalue weighted by atomic mass is 35.5. The largest absolute Gasteiger partial charge is 0.497 e. The Balaban J connectivity index is 0.00000180. The van der Waals surface area contributed by atoms with Crippen molar-refractivity contribution in [2.24, 2.45) is 5.41 Å². The van der Waals surface area contributed by atoms with Crippen LogP contribution in [0.15, 0.2) is 24.3 Å². The fraction of sp³-hybridized carbons (Fsp3) is 0.533. The average Bonchev–Trinajstić information content (AvgIpc) is 2.36. The Morgan fingerprint density at radius 1 is 1.42 bits per heavy atom. The normalized spacial score (nSPS) is 21.6. The van der Waals surface area contributed by atoms with E-state index in [-0.39, 0.29) is 23.9 Å². The molecule has 0 aromatic heterocycles. The Labute approximate surface area is 121 Å². The van der Waals surface area contributed by atoms with Gasteiger partial charge < -0.3 is 10.1 Å². The zero-order chi connectivity index (χ0) is 13.2. The van der Waals surface area contributed by atoms with E-state index < -0.39 is 0 Å². The van der Waals surface area contributed by atoms with E-state index in [4.69, 9.17) is 4.74 Å². The van der Waals surface area contributed by atoms with Crippen LogP contribution in [0.5, 0.6) is 5.75 Å². The molecule has 1 saturated heterocycles. The molecule has 1 aromatic carbocycles. The molecular formula is C15H22ClNO2. The Bertz CT molecular complexity index is 446. The van der Waals surface area contributed by atoms with Crippen molar-refractivity contribution < 1.29 is 9.53 Å². The molecule has 4 heteroatoms. The van der Waals surface area contributed by atoms with Gasteiger partial charge in [-0.25, -0.2) is 0 Å². The van der Waals surface area contributed by atoms with Crippen LogP contribution in [0.1, 0.15) is 25.8 Å². The third-order valence-corrected chi connectivity index (χ3v) is 3.91. The molecule has 1 heterocycles. The van der Waals surface area contributed by atoms with Gasteiger partial charge in [0.25, 0.3) is 0 Å². The Morgan fingerprint density at radius 2 is 2.16 bits per heavy atom. The molecule has 1 aliphatic rings. The molecule has 0 spiro atoms. The molecule has 3 nitrogen and oxygen atoms in total. The van der Waals surface area contributed by atoms with Gasteiger partial charge in [0.1, 0.15) is 11.5 Å². The number of carbonyl (C=O) groups is 1. The van der Waals surface area contributed by atoms with E-state index in [0.717, 1.165) is 18.7 Å². The maximum Gasteiger partial charge on any atom is 0.141 e. The number of halogens is 1. The number of hydrogen-bond acceptors (Lipinski definition) is 3. The Morgan fingerprint density at radius 3 is 2.84 bits per heavy atom. The van der Waals surface area contributed by atoms with Gasteiger partial charge in [0.2, 0.25) is 0 Å². The molecule has 1 unspecified atom stereocenters. The van der Waals surface area contributed by atoms with Crippen LogP contribution in [0.2, 0.25) is 0 Å². The lowest BCUT2D eigenvalue weighted by Gasteiger charge is -2.38. The molecule has 19 heavy (non-hydrogen) atoms. The van der Waals surface area contributed by atoms with Gasteiger partial charge >= 0.3 is 0 Å². The second-order valence-electron chi connectivity index (χ2n) is 5.46. The van der Waals surface area contributed by atoms with Crippen LogP contribution in [0, 0.1) is 5.41 Å². The van der Waals surface area contributed by atoms with Crippen molar-refractivity contribution in [3.8, 4) is 5.75 Å². The molecule has 1 aromatic rings. The number of carbonyl (C=O) groups excluding carboxylic acids is 1. The minimum atomic E-state index is -0.290. The molecular weight excluding hydrogens is 262 g/mol. The van der Waals surface area contributed by atoms with Gasteiger partial charge in [-0.1, -0.05) is 26.0 Å². The minimum absolute atomic E-state index is 0. The van der Waals surface area contributed by atoms with Crippen molar-refractivity contribution >= 4 is 18.2 Å². The van der Waals surface area contributed by atoms with Crippen LogP contribution in [0.25, 0.3) is 0 Å². The molecule has 106 valence electrons. The van der Waals surface area contributed by atoms with Gasteiger partial charge in [-0.15, -0.1) is 12.4 Å². The van der Waals surface area contributed by atoms with Gasteiger partial charge in [0.15, 0.2) is 0 Å². The second kappa shape index (κ2) is 6.40. The van der Waals surface area contributed by atoms with Crippen molar-refractivity contribution in [1.82, 2.24) is 5.32 Å². The van der Waals surface area contributed by atoms with E-state index in [1.54, 1.807) is 7.11 Å². The third-order valence-electron chi connectivity index (χ3n) is 3.91. The molecule has 2 rings (SSSR count). The number of Topliss-reactive ketones (excluding diaryl/α,β-unsaturated/α-hetero) is 1. The van der Waals surface area contributed by atoms with Crippen molar-refractivity contribution in [3.63, 3.8) is 0 Å². The van der Waals surface area contributed by atoms with E-state index in [9.17, 15) is 4.79 Å². The topological polar surface area (TPSA) is 38.3 Å². The predicted molar refractivity (Wildman–Crippen MR) is 79.1 cm³/mol. The lowest BCUT2D eigenvalue weighted by atomic mass is 9.74.